The number of aliphatic hydroxyl groups excluding tert-OH is 2. The minimum Gasteiger partial charge on any atom is -0.485 e. The highest BCUT2D eigenvalue weighted by atomic mass is 32.3. The number of ether oxygens (including phenoxy) is 1. The quantitative estimate of drug-likeness (QED) is 0.0337. The molecule has 0 radical (unpaired) electrons. The van der Waals surface area contributed by atoms with E-state index in [4.69, 9.17) is 31.0 Å². The Labute approximate surface area is 313 Å². The van der Waals surface area contributed by atoms with Gasteiger partial charge >= 0.3 is 22.3 Å². The first-order chi connectivity index (χ1) is 25.3. The Kier molecular flexibility index (Phi) is 11.7. The van der Waals surface area contributed by atoms with Crippen LogP contribution in [0, 0.1) is 11.3 Å². The number of nitrogens with one attached hydrogen (secondary N) is 1. The number of benzene rings is 1. The number of anilines is 1. The molecule has 292 valence electrons. The van der Waals surface area contributed by atoms with Gasteiger partial charge in [0.05, 0.1) is 18.1 Å². The zero-order chi connectivity index (χ0) is 39.7. The number of Topliss-reactive ketones (excluding diaryl/α,β-unsaturated/α-hetero) is 1. The number of carboxylic acids is 1. The maximum atomic E-state index is 13.6. The predicted octanol–water partition coefficient (Wildman–Crippen LogP) is -0.851. The third-order valence-corrected chi connectivity index (χ3v) is 10.4. The van der Waals surface area contributed by atoms with E-state index in [9.17, 15) is 38.1 Å². The minimum atomic E-state index is -5.03. The summed E-state index contributed by atoms with van der Waals surface area (Å²) >= 11 is 0.973. The fraction of sp³-hybridized carbons (Fsp3) is 0.500. The van der Waals surface area contributed by atoms with Gasteiger partial charge in [0.25, 0.3) is 11.5 Å². The van der Waals surface area contributed by atoms with E-state index in [0.29, 0.717) is 42.5 Å². The molecule has 1 saturated heterocycles. The van der Waals surface area contributed by atoms with Crippen LogP contribution in [0.2, 0.25) is 0 Å². The number of carboxylic acid groups (broad SMARTS) is 1. The first kappa shape index (κ1) is 40.5. The smallest absolute Gasteiger partial charge is 0.485 e. The number of hydroxylamine groups is 2. The van der Waals surface area contributed by atoms with Crippen molar-refractivity contribution in [1.29, 1.82) is 5.41 Å². The lowest BCUT2D eigenvalue weighted by Crippen LogP contribution is -2.68. The van der Waals surface area contributed by atoms with Gasteiger partial charge in [-0.2, -0.15) is 13.5 Å². The number of nitrogens with two attached hydrogens (primary N) is 2. The number of aryl methyl sites for hydroxylation is 1. The fourth-order valence-corrected chi connectivity index (χ4v) is 7.28. The van der Waals surface area contributed by atoms with Gasteiger partial charge in [-0.1, -0.05) is 5.16 Å². The first-order valence-electron chi connectivity index (χ1n) is 16.7. The van der Waals surface area contributed by atoms with E-state index >= 15 is 0 Å². The second-order valence-electron chi connectivity index (χ2n) is 13.6. The number of thiazole rings is 1. The molecule has 0 saturated carbocycles. The number of oxime groups is 1. The van der Waals surface area contributed by atoms with Crippen LogP contribution in [-0.2, 0) is 40.3 Å². The summed E-state index contributed by atoms with van der Waals surface area (Å²) in [5.74, 6) is -3.78. The number of aliphatic hydroxyl groups is 2. The Hall–Kier alpha value is -4.71. The van der Waals surface area contributed by atoms with E-state index in [1.54, 1.807) is 22.9 Å². The van der Waals surface area contributed by atoms with Gasteiger partial charge in [0.15, 0.2) is 28.9 Å². The molecule has 1 amide bonds. The number of β-lactam (4-membered cyclic amide) rings is 1. The van der Waals surface area contributed by atoms with Crippen molar-refractivity contribution in [2.75, 3.05) is 32.0 Å². The molecule has 4 atom stereocenters. The third kappa shape index (κ3) is 8.18. The topological polar surface area (TPSA) is 304 Å². The number of carbonyl (C=O) groups excluding carboxylic acids is 2. The second-order valence-corrected chi connectivity index (χ2v) is 15.5. The highest BCUT2D eigenvalue weighted by Gasteiger charge is 2.58. The molecule has 1 aromatic carbocycles. The lowest BCUT2D eigenvalue weighted by atomic mass is 9.74. The van der Waals surface area contributed by atoms with Crippen molar-refractivity contribution in [2.45, 2.75) is 69.8 Å². The van der Waals surface area contributed by atoms with Gasteiger partial charge in [-0.15, -0.1) is 24.8 Å². The molecule has 3 aliphatic heterocycles. The molecule has 20 nitrogen and oxygen atoms in total. The molecule has 9 N–H and O–H groups in total. The summed E-state index contributed by atoms with van der Waals surface area (Å²) in [5.41, 5.74) is 9.68. The molecule has 22 heteroatoms. The summed E-state index contributed by atoms with van der Waals surface area (Å²) in [6.07, 6.45) is 0.0935. The lowest BCUT2D eigenvalue weighted by molar-refractivity contribution is -0.540. The summed E-state index contributed by atoms with van der Waals surface area (Å²) in [7, 11) is -5.03. The van der Waals surface area contributed by atoms with Crippen LogP contribution in [0.1, 0.15) is 56.9 Å². The Balaban J connectivity index is 1.39. The Morgan fingerprint density at radius 3 is 2.65 bits per heavy atom. The Bertz CT molecular complexity index is 2060. The average molecular weight is 795 g/mol. The highest BCUT2D eigenvalue weighted by molar-refractivity contribution is 7.80. The first-order valence-corrected chi connectivity index (χ1v) is 18.9. The van der Waals surface area contributed by atoms with Gasteiger partial charge in [-0.05, 0) is 63.9 Å². The van der Waals surface area contributed by atoms with Crippen molar-refractivity contribution in [2.24, 2.45) is 16.8 Å². The summed E-state index contributed by atoms with van der Waals surface area (Å²) in [6, 6.07) is 5.27. The van der Waals surface area contributed by atoms with Crippen LogP contribution in [0.25, 0.3) is 0 Å². The number of guanidine groups is 1. The van der Waals surface area contributed by atoms with Crippen LogP contribution >= 0.6 is 11.3 Å². The molecule has 1 fully saturated rings. The number of β-amino-alcohol motifs (C(OH)–C–C–N with tert-alkyl or cyclic N) is 1. The fourth-order valence-electron chi connectivity index (χ4n) is 6.28. The van der Waals surface area contributed by atoms with Crippen LogP contribution < -0.4 is 16.2 Å². The molecule has 3 aliphatic rings. The van der Waals surface area contributed by atoms with E-state index < -0.39 is 76.1 Å². The van der Waals surface area contributed by atoms with Crippen LogP contribution in [0.5, 0.6) is 5.75 Å². The molecular formula is C32H42N8O12S2+2. The number of aliphatic carboxylic acids is 1. The summed E-state index contributed by atoms with van der Waals surface area (Å²) in [6.45, 7) is 4.44. The number of aromatic nitrogens is 1. The third-order valence-electron chi connectivity index (χ3n) is 9.43. The molecule has 5 rings (SSSR count). The van der Waals surface area contributed by atoms with E-state index in [0.717, 1.165) is 22.5 Å². The summed E-state index contributed by atoms with van der Waals surface area (Å²) in [5, 5.41) is 44.2. The lowest BCUT2D eigenvalue weighted by Gasteiger charge is -2.50. The van der Waals surface area contributed by atoms with Gasteiger partial charge in [0, 0.05) is 29.2 Å². The molecule has 4 heterocycles. The zero-order valence-electron chi connectivity index (χ0n) is 29.5. The number of rotatable bonds is 17. The van der Waals surface area contributed by atoms with Crippen molar-refractivity contribution in [3.8, 4) is 5.75 Å². The van der Waals surface area contributed by atoms with Gasteiger partial charge in [0.2, 0.25) is 5.71 Å². The Morgan fingerprint density at radius 1 is 1.33 bits per heavy atom. The number of fused-ring (bicyclic) bond motifs is 1. The van der Waals surface area contributed by atoms with Crippen molar-refractivity contribution < 1.29 is 65.7 Å². The maximum Gasteiger partial charge on any atom is 0.574 e. The normalized spacial score (nSPS) is 21.5. The van der Waals surface area contributed by atoms with Crippen LogP contribution in [0.3, 0.4) is 0 Å². The summed E-state index contributed by atoms with van der Waals surface area (Å²) in [4.78, 5) is 48.9. The molecule has 2 unspecified atom stereocenters. The molecule has 0 aliphatic carbocycles. The number of ketones is 1. The van der Waals surface area contributed by atoms with Crippen molar-refractivity contribution in [3.05, 3.63) is 40.4 Å². The molecule has 1 aromatic heterocycles. The highest BCUT2D eigenvalue weighted by Crippen LogP contribution is 2.41. The number of hydrogen-bond donors (Lipinski definition) is 7. The van der Waals surface area contributed by atoms with Gasteiger partial charge in [-0.25, -0.2) is 9.78 Å². The standard InChI is InChI=1S/C32H40N8O12S2/c1-31(2)20(27(44)40(31)52-54(47,48)49)12-23(43)26(21-16-53-29(34)36-21)37-51-32(3,28(45)46)25-8-6-18-11-17(5-7-24(18)50-25)22-14-38(13-19(42)15-41)30(35)39(22)10-4-9-33/h5,7,11,14,16,19-20,25,35,41-42H,4,6,8-10,12-13,15,33H2,1-3H3,(H2-2,34,36,45,46,47,48,49)/p+2/b35-30?,37-26-/t19-,20?,25?,32-/m0/s1. The van der Waals surface area contributed by atoms with Crippen LogP contribution in [0.4, 0.5) is 5.13 Å². The minimum absolute atomic E-state index is 0.00835. The summed E-state index contributed by atoms with van der Waals surface area (Å²) < 4.78 is 45.3. The van der Waals surface area contributed by atoms with E-state index in [1.165, 1.54) is 30.7 Å². The van der Waals surface area contributed by atoms with Crippen LogP contribution in [-0.4, -0.2) is 138 Å². The van der Waals surface area contributed by atoms with Gasteiger partial charge in [-0.3, -0.25) is 14.1 Å². The van der Waals surface area contributed by atoms with E-state index in [-0.39, 0.29) is 29.8 Å². The average Bonchev–Trinajstić information content (AvgIpc) is 3.68. The van der Waals surface area contributed by atoms with Gasteiger partial charge < -0.3 is 36.4 Å². The molecule has 2 aromatic rings. The zero-order valence-corrected chi connectivity index (χ0v) is 31.2. The Morgan fingerprint density at radius 2 is 2.06 bits per heavy atom. The molecular weight excluding hydrogens is 753 g/mol. The van der Waals surface area contributed by atoms with E-state index in [2.05, 4.69) is 14.4 Å². The van der Waals surface area contributed by atoms with Crippen LogP contribution in [0.15, 0.2) is 28.7 Å². The predicted molar refractivity (Wildman–Crippen MR) is 191 cm³/mol. The SMILES string of the molecule is CC1(C)C(CC(=O)/C(=N\O[C@](C)(C(=O)O)C2CCc3cc(C4=[N+](CCCN)C(=N)[N+](C[C@H](O)CO)=C4)ccc3O2)c2csc(N)n2)C(=O)N1OS(=O)(=O)O. The monoisotopic (exact) mass is 794 g/mol. The van der Waals surface area contributed by atoms with Crippen molar-refractivity contribution in [3.63, 3.8) is 0 Å². The maximum absolute atomic E-state index is 13.6. The van der Waals surface area contributed by atoms with Gasteiger partial charge in [0.1, 0.15) is 30.6 Å². The number of hydrogen-bond acceptors (Lipinski definition) is 16. The van der Waals surface area contributed by atoms with E-state index in [1.807, 2.05) is 6.07 Å². The molecule has 0 spiro atoms. The van der Waals surface area contributed by atoms with Crippen molar-refractivity contribution >= 4 is 68.1 Å². The number of carbonyl (C=O) groups is 3. The molecule has 0 bridgehead atoms. The number of nitrogens with zero attached hydrogens (tertiary/aromatic N) is 5. The largest absolute Gasteiger partial charge is 0.574 e. The number of amides is 1. The van der Waals surface area contributed by atoms with Crippen molar-refractivity contribution in [1.82, 2.24) is 10.0 Å². The second kappa shape index (κ2) is 15.6. The number of nitrogen functional groups attached to an aromatic ring is 1. The molecule has 54 heavy (non-hydrogen) atoms.